The molecule has 0 fully saturated rings. The molecule has 2 aromatic rings. The molecule has 0 aliphatic rings. The molecular formula is C10H15N5. The lowest BCUT2D eigenvalue weighted by Crippen LogP contribution is -2.03. The zero-order chi connectivity index (χ0) is 10.8. The van der Waals surface area contributed by atoms with Crippen molar-refractivity contribution < 1.29 is 0 Å². The minimum Gasteiger partial charge on any atom is -0.359 e. The predicted octanol–water partition coefficient (Wildman–Crippen LogP) is 1.02. The fourth-order valence-electron chi connectivity index (χ4n) is 1.62. The minimum absolute atomic E-state index is 0.796. The maximum atomic E-state index is 4.36. The number of aromatic nitrogens is 4. The summed E-state index contributed by atoms with van der Waals surface area (Å²) in [6, 6.07) is 0. The second-order valence-corrected chi connectivity index (χ2v) is 3.61. The first-order chi connectivity index (χ1) is 7.19. The van der Waals surface area contributed by atoms with Gasteiger partial charge in [-0.15, -0.1) is 0 Å². The van der Waals surface area contributed by atoms with Crippen LogP contribution in [0.25, 0.3) is 0 Å². The van der Waals surface area contributed by atoms with Crippen LogP contribution in [0.4, 0.5) is 5.95 Å². The van der Waals surface area contributed by atoms with Crippen LogP contribution in [-0.4, -0.2) is 26.4 Å². The van der Waals surface area contributed by atoms with Crippen LogP contribution in [0.3, 0.4) is 0 Å². The fourth-order valence-corrected chi connectivity index (χ4v) is 1.62. The van der Waals surface area contributed by atoms with E-state index < -0.39 is 0 Å². The number of rotatable bonds is 3. The van der Waals surface area contributed by atoms with E-state index in [4.69, 9.17) is 0 Å². The molecule has 80 valence electrons. The highest BCUT2D eigenvalue weighted by Crippen LogP contribution is 2.10. The molecule has 0 atom stereocenters. The summed E-state index contributed by atoms with van der Waals surface area (Å²) in [6.07, 6.45) is 5.91. The number of nitrogens with one attached hydrogen (secondary N) is 1. The van der Waals surface area contributed by atoms with Crippen molar-refractivity contribution in [2.24, 2.45) is 7.05 Å². The van der Waals surface area contributed by atoms with Gasteiger partial charge in [0.1, 0.15) is 0 Å². The molecule has 2 rings (SSSR count). The zero-order valence-corrected chi connectivity index (χ0v) is 9.23. The summed E-state index contributed by atoms with van der Waals surface area (Å²) in [5.74, 6) is 0.886. The Morgan fingerprint density at radius 1 is 1.40 bits per heavy atom. The number of hydrogen-bond acceptors (Lipinski definition) is 3. The molecule has 0 amide bonds. The van der Waals surface area contributed by atoms with E-state index in [9.17, 15) is 0 Å². The molecule has 15 heavy (non-hydrogen) atoms. The molecule has 0 radical (unpaired) electrons. The Labute approximate surface area is 88.7 Å². The van der Waals surface area contributed by atoms with Crippen LogP contribution in [0.5, 0.6) is 0 Å². The lowest BCUT2D eigenvalue weighted by atomic mass is 10.3. The summed E-state index contributed by atoms with van der Waals surface area (Å²) in [4.78, 5) is 4.36. The molecule has 0 saturated carbocycles. The van der Waals surface area contributed by atoms with E-state index >= 15 is 0 Å². The zero-order valence-electron chi connectivity index (χ0n) is 9.23. The molecule has 0 bridgehead atoms. The van der Waals surface area contributed by atoms with Gasteiger partial charge in [0.25, 0.3) is 0 Å². The second kappa shape index (κ2) is 3.76. The average molecular weight is 205 g/mol. The third-order valence-electron chi connectivity index (χ3n) is 2.23. The van der Waals surface area contributed by atoms with Gasteiger partial charge >= 0.3 is 0 Å². The Hall–Kier alpha value is -1.78. The molecule has 0 spiro atoms. The maximum absolute atomic E-state index is 4.36. The lowest BCUT2D eigenvalue weighted by molar-refractivity contribution is 0.763. The van der Waals surface area contributed by atoms with Gasteiger partial charge in [0.2, 0.25) is 5.95 Å². The maximum Gasteiger partial charge on any atom is 0.203 e. The average Bonchev–Trinajstić information content (AvgIpc) is 2.73. The van der Waals surface area contributed by atoms with Gasteiger partial charge in [0.05, 0.1) is 18.4 Å². The number of hydrogen-bond donors (Lipinski definition) is 1. The van der Waals surface area contributed by atoms with Crippen molar-refractivity contribution in [3.8, 4) is 0 Å². The minimum atomic E-state index is 0.796. The van der Waals surface area contributed by atoms with E-state index in [1.165, 1.54) is 5.56 Å². The fraction of sp³-hybridized carbons (Fsp3) is 0.400. The van der Waals surface area contributed by atoms with Gasteiger partial charge in [-0.25, -0.2) is 4.98 Å². The third-order valence-corrected chi connectivity index (χ3v) is 2.23. The predicted molar refractivity (Wildman–Crippen MR) is 58.8 cm³/mol. The summed E-state index contributed by atoms with van der Waals surface area (Å²) in [7, 11) is 3.79. The lowest BCUT2D eigenvalue weighted by Gasteiger charge is -2.04. The van der Waals surface area contributed by atoms with Crippen LogP contribution < -0.4 is 5.32 Å². The van der Waals surface area contributed by atoms with Crippen molar-refractivity contribution in [1.82, 2.24) is 19.3 Å². The molecule has 1 N–H and O–H groups in total. The first-order valence-electron chi connectivity index (χ1n) is 4.88. The van der Waals surface area contributed by atoms with Gasteiger partial charge in [0.15, 0.2) is 0 Å². The Kier molecular flexibility index (Phi) is 2.45. The third kappa shape index (κ3) is 2.01. The van der Waals surface area contributed by atoms with Crippen LogP contribution in [0.1, 0.15) is 11.3 Å². The Balaban J connectivity index is 2.23. The van der Waals surface area contributed by atoms with Crippen molar-refractivity contribution in [1.29, 1.82) is 0 Å². The molecule has 2 aromatic heterocycles. The number of aryl methyl sites for hydroxylation is 2. The Morgan fingerprint density at radius 2 is 2.20 bits per heavy atom. The molecule has 0 aliphatic carbocycles. The molecule has 0 saturated heterocycles. The van der Waals surface area contributed by atoms with Crippen LogP contribution in [0, 0.1) is 6.92 Å². The quantitative estimate of drug-likeness (QED) is 0.813. The summed E-state index contributed by atoms with van der Waals surface area (Å²) >= 11 is 0. The Morgan fingerprint density at radius 3 is 2.80 bits per heavy atom. The summed E-state index contributed by atoms with van der Waals surface area (Å²) < 4.78 is 3.88. The van der Waals surface area contributed by atoms with E-state index in [0.717, 1.165) is 18.2 Å². The van der Waals surface area contributed by atoms with Crippen molar-refractivity contribution in [3.05, 3.63) is 29.8 Å². The van der Waals surface area contributed by atoms with E-state index in [1.54, 1.807) is 4.68 Å². The summed E-state index contributed by atoms with van der Waals surface area (Å²) in [6.45, 7) is 2.78. The molecule has 0 aromatic carbocycles. The normalized spacial score (nSPS) is 10.6. The monoisotopic (exact) mass is 205 g/mol. The van der Waals surface area contributed by atoms with Gasteiger partial charge in [-0.3, -0.25) is 4.68 Å². The number of nitrogens with zero attached hydrogens (tertiary/aromatic N) is 4. The summed E-state index contributed by atoms with van der Waals surface area (Å²) in [5.41, 5.74) is 2.19. The van der Waals surface area contributed by atoms with Crippen molar-refractivity contribution >= 4 is 5.95 Å². The Bertz CT molecular complexity index is 454. The van der Waals surface area contributed by atoms with Crippen molar-refractivity contribution in [2.45, 2.75) is 13.5 Å². The summed E-state index contributed by atoms with van der Waals surface area (Å²) in [5, 5.41) is 7.21. The van der Waals surface area contributed by atoms with Crippen LogP contribution in [0.15, 0.2) is 18.6 Å². The molecule has 2 heterocycles. The van der Waals surface area contributed by atoms with Crippen LogP contribution >= 0.6 is 0 Å². The van der Waals surface area contributed by atoms with Gasteiger partial charge in [-0.05, 0) is 6.92 Å². The highest BCUT2D eigenvalue weighted by Gasteiger charge is 2.04. The van der Waals surface area contributed by atoms with Gasteiger partial charge in [-0.1, -0.05) is 0 Å². The van der Waals surface area contributed by atoms with Gasteiger partial charge < -0.3 is 9.88 Å². The van der Waals surface area contributed by atoms with Crippen LogP contribution in [-0.2, 0) is 13.6 Å². The van der Waals surface area contributed by atoms with Crippen molar-refractivity contribution in [2.75, 3.05) is 12.4 Å². The molecule has 5 nitrogen and oxygen atoms in total. The number of anilines is 1. The SMILES string of the molecule is CNc1nc(C)cn1Cc1cnn(C)c1. The van der Waals surface area contributed by atoms with Gasteiger partial charge in [0, 0.05) is 32.1 Å². The highest BCUT2D eigenvalue weighted by molar-refractivity contribution is 5.28. The van der Waals surface area contributed by atoms with Crippen LogP contribution in [0.2, 0.25) is 0 Å². The highest BCUT2D eigenvalue weighted by atomic mass is 15.2. The molecular weight excluding hydrogens is 190 g/mol. The largest absolute Gasteiger partial charge is 0.359 e. The molecule has 0 unspecified atom stereocenters. The van der Waals surface area contributed by atoms with E-state index in [2.05, 4.69) is 20.0 Å². The van der Waals surface area contributed by atoms with E-state index in [-0.39, 0.29) is 0 Å². The number of imidazole rings is 1. The standard InChI is InChI=1S/C10H15N5/c1-8-5-15(10(11-2)13-8)7-9-4-12-14(3)6-9/h4-6H,7H2,1-3H3,(H,11,13). The second-order valence-electron chi connectivity index (χ2n) is 3.61. The molecule has 5 heteroatoms. The first kappa shape index (κ1) is 9.76. The van der Waals surface area contributed by atoms with E-state index in [0.29, 0.717) is 0 Å². The smallest absolute Gasteiger partial charge is 0.203 e. The van der Waals surface area contributed by atoms with E-state index in [1.807, 2.05) is 39.6 Å². The topological polar surface area (TPSA) is 47.7 Å². The molecule has 0 aliphatic heterocycles. The van der Waals surface area contributed by atoms with Gasteiger partial charge in [-0.2, -0.15) is 5.10 Å². The van der Waals surface area contributed by atoms with Crippen molar-refractivity contribution in [3.63, 3.8) is 0 Å². The first-order valence-corrected chi connectivity index (χ1v) is 4.88.